The molecule has 0 bridgehead atoms. The predicted octanol–water partition coefficient (Wildman–Crippen LogP) is 2.97. The predicted molar refractivity (Wildman–Crippen MR) is 98.8 cm³/mol. The van der Waals surface area contributed by atoms with Crippen LogP contribution in [-0.4, -0.2) is 21.2 Å². The molecule has 4 rings (SSSR count). The molecule has 0 unspecified atom stereocenters. The Kier molecular flexibility index (Phi) is 4.18. The Morgan fingerprint density at radius 1 is 1.19 bits per heavy atom. The molecule has 7 heteroatoms. The molecule has 3 N–H and O–H groups in total. The van der Waals surface area contributed by atoms with Crippen molar-refractivity contribution in [2.75, 3.05) is 6.54 Å². The van der Waals surface area contributed by atoms with Crippen molar-refractivity contribution in [3.8, 4) is 11.6 Å². The molecule has 0 fully saturated rings. The quantitative estimate of drug-likeness (QED) is 0.608. The lowest BCUT2D eigenvalue weighted by atomic mass is 9.90. The zero-order valence-electron chi connectivity index (χ0n) is 13.7. The third-order valence-corrected chi connectivity index (χ3v) is 4.87. The molecular formula is C19H16FN3O2S. The first-order valence-corrected chi connectivity index (χ1v) is 8.62. The van der Waals surface area contributed by atoms with Gasteiger partial charge in [-0.1, -0.05) is 30.3 Å². The molecule has 0 spiro atoms. The lowest BCUT2D eigenvalue weighted by Crippen LogP contribution is -2.35. The molecule has 132 valence electrons. The van der Waals surface area contributed by atoms with Crippen LogP contribution in [0.5, 0.6) is 5.88 Å². The van der Waals surface area contributed by atoms with Gasteiger partial charge in [-0.05, 0) is 48.0 Å². The highest BCUT2D eigenvalue weighted by Crippen LogP contribution is 2.32. The summed E-state index contributed by atoms with van der Waals surface area (Å²) < 4.78 is 14.9. The molecule has 1 atom stereocenters. The van der Waals surface area contributed by atoms with Crippen molar-refractivity contribution in [1.29, 1.82) is 0 Å². The van der Waals surface area contributed by atoms with E-state index in [0.717, 1.165) is 17.5 Å². The number of benzene rings is 2. The number of hydrogen-bond donors (Lipinski definition) is 3. The van der Waals surface area contributed by atoms with E-state index in [-0.39, 0.29) is 16.2 Å². The van der Waals surface area contributed by atoms with Crippen LogP contribution in [0.3, 0.4) is 0 Å². The van der Waals surface area contributed by atoms with E-state index in [0.29, 0.717) is 12.2 Å². The van der Waals surface area contributed by atoms with Crippen LogP contribution in [0.2, 0.25) is 0 Å². The molecule has 0 amide bonds. The Bertz CT molecular complexity index is 1110. The maximum absolute atomic E-state index is 13.6. The first kappa shape index (κ1) is 16.7. The van der Waals surface area contributed by atoms with Gasteiger partial charge in [-0.3, -0.25) is 14.3 Å². The van der Waals surface area contributed by atoms with Gasteiger partial charge in [0.15, 0.2) is 4.77 Å². The van der Waals surface area contributed by atoms with E-state index in [1.165, 1.54) is 22.8 Å². The molecule has 0 aliphatic carbocycles. The number of aromatic hydroxyl groups is 1. The van der Waals surface area contributed by atoms with Crippen LogP contribution in [0, 0.1) is 10.6 Å². The fourth-order valence-corrected chi connectivity index (χ4v) is 3.70. The fourth-order valence-electron chi connectivity index (χ4n) is 3.42. The molecule has 1 aromatic heterocycles. The van der Waals surface area contributed by atoms with Crippen LogP contribution in [-0.2, 0) is 6.42 Å². The second-order valence-corrected chi connectivity index (χ2v) is 6.53. The number of aromatic amines is 1. The molecule has 0 saturated heterocycles. The van der Waals surface area contributed by atoms with Gasteiger partial charge in [-0.25, -0.2) is 4.39 Å². The van der Waals surface area contributed by atoms with E-state index in [9.17, 15) is 14.3 Å². The molecule has 0 radical (unpaired) electrons. The monoisotopic (exact) mass is 369 g/mol. The Hall–Kier alpha value is -2.77. The maximum Gasteiger partial charge on any atom is 0.260 e. The van der Waals surface area contributed by atoms with Crippen molar-refractivity contribution in [1.82, 2.24) is 14.9 Å². The molecule has 5 nitrogen and oxygen atoms in total. The highest BCUT2D eigenvalue weighted by Gasteiger charge is 2.28. The average Bonchev–Trinajstić information content (AvgIpc) is 2.61. The zero-order chi connectivity index (χ0) is 18.3. The Labute approximate surface area is 153 Å². The van der Waals surface area contributed by atoms with Crippen LogP contribution in [0.15, 0.2) is 53.3 Å². The summed E-state index contributed by atoms with van der Waals surface area (Å²) in [6.45, 7) is 0.677. The fraction of sp³-hybridized carbons (Fsp3) is 0.158. The summed E-state index contributed by atoms with van der Waals surface area (Å²) in [5.74, 6) is -0.753. The number of hydrogen-bond acceptors (Lipinski definition) is 4. The zero-order valence-corrected chi connectivity index (χ0v) is 14.5. The van der Waals surface area contributed by atoms with Gasteiger partial charge in [0.25, 0.3) is 5.56 Å². The summed E-state index contributed by atoms with van der Waals surface area (Å²) in [6.07, 6.45) is 0.842. The van der Waals surface area contributed by atoms with Crippen LogP contribution in [0.25, 0.3) is 5.69 Å². The first-order chi connectivity index (χ1) is 12.6. The van der Waals surface area contributed by atoms with Gasteiger partial charge in [-0.15, -0.1) is 0 Å². The number of halogens is 1. The van der Waals surface area contributed by atoms with E-state index in [1.807, 2.05) is 24.3 Å². The topological polar surface area (TPSA) is 70.0 Å². The SMILES string of the molecule is O=c1[nH]c(=S)n(-c2cccc(F)c2)c(O)c1[C@@H]1NCCc2ccccc21. The Morgan fingerprint density at radius 2 is 2.00 bits per heavy atom. The van der Waals surface area contributed by atoms with Gasteiger partial charge in [0, 0.05) is 6.54 Å². The van der Waals surface area contributed by atoms with Crippen molar-refractivity contribution in [3.63, 3.8) is 0 Å². The third kappa shape index (κ3) is 2.75. The summed E-state index contributed by atoms with van der Waals surface area (Å²) in [7, 11) is 0. The lowest BCUT2D eigenvalue weighted by Gasteiger charge is -2.27. The number of nitrogens with zero attached hydrogens (tertiary/aromatic N) is 1. The van der Waals surface area contributed by atoms with Gasteiger partial charge >= 0.3 is 0 Å². The molecule has 1 aliphatic heterocycles. The third-order valence-electron chi connectivity index (χ3n) is 4.58. The van der Waals surface area contributed by atoms with Crippen molar-refractivity contribution < 1.29 is 9.50 Å². The Balaban J connectivity index is 1.96. The van der Waals surface area contributed by atoms with Gasteiger partial charge in [0.2, 0.25) is 5.88 Å². The largest absolute Gasteiger partial charge is 0.494 e. The van der Waals surface area contributed by atoms with Gasteiger partial charge in [-0.2, -0.15) is 0 Å². The second-order valence-electron chi connectivity index (χ2n) is 6.15. The molecule has 2 aromatic carbocycles. The standard InChI is InChI=1S/C19H16FN3O2S/c20-12-5-3-6-13(10-12)23-18(25)15(17(24)22-19(23)26)16-14-7-2-1-4-11(14)8-9-21-16/h1-7,10,16,21,25H,8-9H2,(H,22,24,26)/t16-/m1/s1. The second kappa shape index (κ2) is 6.51. The van der Waals surface area contributed by atoms with Crippen LogP contribution >= 0.6 is 12.2 Å². The van der Waals surface area contributed by atoms with E-state index in [1.54, 1.807) is 6.07 Å². The summed E-state index contributed by atoms with van der Waals surface area (Å²) >= 11 is 5.20. The lowest BCUT2D eigenvalue weighted by molar-refractivity contribution is 0.412. The van der Waals surface area contributed by atoms with Gasteiger partial charge < -0.3 is 10.4 Å². The number of fused-ring (bicyclic) bond motifs is 1. The summed E-state index contributed by atoms with van der Waals surface area (Å²) in [4.78, 5) is 15.2. The Morgan fingerprint density at radius 3 is 2.81 bits per heavy atom. The number of nitrogens with one attached hydrogen (secondary N) is 2. The summed E-state index contributed by atoms with van der Waals surface area (Å²) in [5.41, 5.74) is 2.09. The van der Waals surface area contributed by atoms with Gasteiger partial charge in [0.1, 0.15) is 5.82 Å². The highest BCUT2D eigenvalue weighted by molar-refractivity contribution is 7.71. The van der Waals surface area contributed by atoms with E-state index in [2.05, 4.69) is 10.3 Å². The average molecular weight is 369 g/mol. The van der Waals surface area contributed by atoms with Crippen LogP contribution < -0.4 is 10.9 Å². The molecule has 3 aromatic rings. The van der Waals surface area contributed by atoms with Crippen LogP contribution in [0.4, 0.5) is 4.39 Å². The van der Waals surface area contributed by atoms with Gasteiger partial charge in [0.05, 0.1) is 17.3 Å². The number of rotatable bonds is 2. The summed E-state index contributed by atoms with van der Waals surface area (Å²) in [6, 6.07) is 13.0. The molecule has 1 aliphatic rings. The van der Waals surface area contributed by atoms with E-state index in [4.69, 9.17) is 12.2 Å². The molecule has 0 saturated carbocycles. The van der Waals surface area contributed by atoms with E-state index >= 15 is 0 Å². The minimum Gasteiger partial charge on any atom is -0.494 e. The minimum atomic E-state index is -0.473. The van der Waals surface area contributed by atoms with Crippen molar-refractivity contribution in [3.05, 3.63) is 86.2 Å². The molecule has 26 heavy (non-hydrogen) atoms. The number of aromatic nitrogens is 2. The maximum atomic E-state index is 13.6. The van der Waals surface area contributed by atoms with Crippen molar-refractivity contribution >= 4 is 12.2 Å². The van der Waals surface area contributed by atoms with Crippen LogP contribution in [0.1, 0.15) is 22.7 Å². The normalized spacial score (nSPS) is 16.3. The van der Waals surface area contributed by atoms with Crippen molar-refractivity contribution in [2.45, 2.75) is 12.5 Å². The van der Waals surface area contributed by atoms with Crippen molar-refractivity contribution in [2.24, 2.45) is 0 Å². The minimum absolute atomic E-state index is 0.00550. The molecule has 2 heterocycles. The first-order valence-electron chi connectivity index (χ1n) is 8.21. The smallest absolute Gasteiger partial charge is 0.260 e. The highest BCUT2D eigenvalue weighted by atomic mass is 32.1. The summed E-state index contributed by atoms with van der Waals surface area (Å²) in [5, 5.41) is 14.2. The molecular weight excluding hydrogens is 353 g/mol. The van der Waals surface area contributed by atoms with E-state index < -0.39 is 17.4 Å². The number of H-pyrrole nitrogens is 1.